The Morgan fingerprint density at radius 2 is 2.10 bits per heavy atom. The van der Waals surface area contributed by atoms with Crippen LogP contribution in [0.1, 0.15) is 0 Å². The third-order valence-electron chi connectivity index (χ3n) is 3.45. The second-order valence-electron chi connectivity index (χ2n) is 4.78. The minimum atomic E-state index is -0.248. The van der Waals surface area contributed by atoms with Gasteiger partial charge in [-0.3, -0.25) is 4.98 Å². The molecule has 0 amide bonds. The van der Waals surface area contributed by atoms with E-state index in [1.54, 1.807) is 29.3 Å². The number of hydrogen-bond acceptors (Lipinski definition) is 2. The van der Waals surface area contributed by atoms with E-state index >= 15 is 0 Å². The number of pyridine rings is 1. The van der Waals surface area contributed by atoms with Crippen LogP contribution >= 0.6 is 0 Å². The predicted octanol–water partition coefficient (Wildman–Crippen LogP) is 3.55. The van der Waals surface area contributed by atoms with Crippen LogP contribution in [0, 0.1) is 5.82 Å². The Kier molecular flexibility index (Phi) is 2.57. The largest absolute Gasteiger partial charge is 0.360 e. The molecule has 1 aromatic carbocycles. The van der Waals surface area contributed by atoms with Crippen LogP contribution in [0.15, 0.2) is 61.3 Å². The Labute approximate surface area is 119 Å². The van der Waals surface area contributed by atoms with Gasteiger partial charge in [-0.1, -0.05) is 0 Å². The van der Waals surface area contributed by atoms with Gasteiger partial charge in [0.15, 0.2) is 0 Å². The highest BCUT2D eigenvalue weighted by Crippen LogP contribution is 2.29. The van der Waals surface area contributed by atoms with Crippen LogP contribution < -0.4 is 0 Å². The number of fused-ring (bicyclic) bond motifs is 1. The summed E-state index contributed by atoms with van der Waals surface area (Å²) in [4.78, 5) is 7.17. The van der Waals surface area contributed by atoms with Gasteiger partial charge in [-0.25, -0.2) is 9.07 Å². The minimum Gasteiger partial charge on any atom is -0.360 e. The molecular weight excluding hydrogens is 267 g/mol. The zero-order valence-electron chi connectivity index (χ0n) is 11.0. The highest BCUT2D eigenvalue weighted by atomic mass is 19.1. The second kappa shape index (κ2) is 4.56. The van der Waals surface area contributed by atoms with Gasteiger partial charge in [-0.05, 0) is 30.3 Å². The van der Waals surface area contributed by atoms with E-state index in [1.807, 2.05) is 24.5 Å². The van der Waals surface area contributed by atoms with Crippen LogP contribution in [-0.2, 0) is 0 Å². The Balaban J connectivity index is 1.81. The average Bonchev–Trinajstić information content (AvgIpc) is 3.13. The van der Waals surface area contributed by atoms with Gasteiger partial charge in [0.25, 0.3) is 0 Å². The van der Waals surface area contributed by atoms with Gasteiger partial charge >= 0.3 is 0 Å². The van der Waals surface area contributed by atoms with E-state index in [1.165, 1.54) is 12.1 Å². The molecule has 0 aliphatic rings. The van der Waals surface area contributed by atoms with Crippen molar-refractivity contribution in [3.8, 4) is 16.8 Å². The first-order valence-electron chi connectivity index (χ1n) is 6.53. The summed E-state index contributed by atoms with van der Waals surface area (Å²) in [5.74, 6) is -0.248. The molecule has 0 unspecified atom stereocenters. The predicted molar refractivity (Wildman–Crippen MR) is 78.6 cm³/mol. The Hall–Kier alpha value is -2.95. The molecule has 0 radical (unpaired) electrons. The molecule has 102 valence electrons. The maximum Gasteiger partial charge on any atom is 0.125 e. The standard InChI is InChI=1S/C16H11FN4/c17-12-3-4-14-15(9-19-16(14)6-12)11-7-20-21(10-11)13-2-1-5-18-8-13/h1-10,19H. The maximum atomic E-state index is 13.2. The second-order valence-corrected chi connectivity index (χ2v) is 4.78. The minimum absolute atomic E-state index is 0.248. The van der Waals surface area contributed by atoms with E-state index in [-0.39, 0.29) is 5.82 Å². The summed E-state index contributed by atoms with van der Waals surface area (Å²) >= 11 is 0. The van der Waals surface area contributed by atoms with Crippen LogP contribution in [0.2, 0.25) is 0 Å². The van der Waals surface area contributed by atoms with E-state index in [0.29, 0.717) is 0 Å². The summed E-state index contributed by atoms with van der Waals surface area (Å²) in [6.45, 7) is 0. The topological polar surface area (TPSA) is 46.5 Å². The zero-order valence-corrected chi connectivity index (χ0v) is 11.0. The van der Waals surface area contributed by atoms with Crippen LogP contribution in [0.4, 0.5) is 4.39 Å². The van der Waals surface area contributed by atoms with Gasteiger partial charge in [0.05, 0.1) is 18.1 Å². The van der Waals surface area contributed by atoms with Crippen molar-refractivity contribution in [3.05, 3.63) is 67.1 Å². The van der Waals surface area contributed by atoms with E-state index in [9.17, 15) is 4.39 Å². The van der Waals surface area contributed by atoms with E-state index in [4.69, 9.17) is 0 Å². The number of aromatic amines is 1. The van der Waals surface area contributed by atoms with Crippen molar-refractivity contribution in [1.29, 1.82) is 0 Å². The molecule has 5 heteroatoms. The van der Waals surface area contributed by atoms with Crippen LogP contribution in [0.5, 0.6) is 0 Å². The van der Waals surface area contributed by atoms with Crippen molar-refractivity contribution in [2.75, 3.05) is 0 Å². The number of nitrogens with one attached hydrogen (secondary N) is 1. The van der Waals surface area contributed by atoms with Crippen LogP contribution in [0.25, 0.3) is 27.7 Å². The number of rotatable bonds is 2. The molecular formula is C16H11FN4. The number of hydrogen-bond donors (Lipinski definition) is 1. The fraction of sp³-hybridized carbons (Fsp3) is 0. The quantitative estimate of drug-likeness (QED) is 0.609. The fourth-order valence-corrected chi connectivity index (χ4v) is 2.43. The third-order valence-corrected chi connectivity index (χ3v) is 3.45. The molecule has 1 N–H and O–H groups in total. The van der Waals surface area contributed by atoms with Crippen molar-refractivity contribution in [1.82, 2.24) is 19.7 Å². The molecule has 0 bridgehead atoms. The number of halogens is 1. The van der Waals surface area contributed by atoms with Gasteiger partial charge in [0.1, 0.15) is 5.82 Å². The lowest BCUT2D eigenvalue weighted by atomic mass is 10.1. The summed E-state index contributed by atoms with van der Waals surface area (Å²) in [5.41, 5.74) is 3.64. The molecule has 0 atom stereocenters. The van der Waals surface area contributed by atoms with Crippen molar-refractivity contribution < 1.29 is 4.39 Å². The first-order valence-corrected chi connectivity index (χ1v) is 6.53. The average molecular weight is 278 g/mol. The molecule has 0 fully saturated rings. The van der Waals surface area contributed by atoms with Crippen molar-refractivity contribution in [2.24, 2.45) is 0 Å². The fourth-order valence-electron chi connectivity index (χ4n) is 2.43. The lowest BCUT2D eigenvalue weighted by molar-refractivity contribution is 0.629. The summed E-state index contributed by atoms with van der Waals surface area (Å²) in [6, 6.07) is 8.53. The summed E-state index contributed by atoms with van der Waals surface area (Å²) in [6.07, 6.45) is 9.07. The lowest BCUT2D eigenvalue weighted by Gasteiger charge is -1.98. The molecule has 4 aromatic rings. The van der Waals surface area contributed by atoms with Crippen LogP contribution in [0.3, 0.4) is 0 Å². The Morgan fingerprint density at radius 3 is 2.95 bits per heavy atom. The first kappa shape index (κ1) is 11.8. The molecule has 3 heterocycles. The van der Waals surface area contributed by atoms with E-state index < -0.39 is 0 Å². The lowest BCUT2D eigenvalue weighted by Crippen LogP contribution is -1.93. The first-order chi connectivity index (χ1) is 10.3. The molecule has 3 aromatic heterocycles. The molecule has 4 rings (SSSR count). The molecule has 0 aliphatic heterocycles. The molecule has 0 aliphatic carbocycles. The summed E-state index contributed by atoms with van der Waals surface area (Å²) < 4.78 is 15.0. The van der Waals surface area contributed by atoms with E-state index in [0.717, 1.165) is 27.7 Å². The van der Waals surface area contributed by atoms with Crippen LogP contribution in [-0.4, -0.2) is 19.7 Å². The number of nitrogens with zero attached hydrogens (tertiary/aromatic N) is 3. The number of benzene rings is 1. The summed E-state index contributed by atoms with van der Waals surface area (Å²) in [5, 5.41) is 5.33. The highest BCUT2D eigenvalue weighted by Gasteiger charge is 2.09. The molecule has 21 heavy (non-hydrogen) atoms. The normalized spacial score (nSPS) is 11.1. The smallest absolute Gasteiger partial charge is 0.125 e. The number of aromatic nitrogens is 4. The van der Waals surface area contributed by atoms with Gasteiger partial charge in [-0.15, -0.1) is 0 Å². The molecule has 0 saturated carbocycles. The van der Waals surface area contributed by atoms with Gasteiger partial charge < -0.3 is 4.98 Å². The van der Waals surface area contributed by atoms with Crippen molar-refractivity contribution >= 4 is 10.9 Å². The maximum absolute atomic E-state index is 13.2. The van der Waals surface area contributed by atoms with Crippen molar-refractivity contribution in [3.63, 3.8) is 0 Å². The molecule has 0 saturated heterocycles. The monoisotopic (exact) mass is 278 g/mol. The molecule has 0 spiro atoms. The Bertz CT molecular complexity index is 908. The van der Waals surface area contributed by atoms with E-state index in [2.05, 4.69) is 15.1 Å². The SMILES string of the molecule is Fc1ccc2c(-c3cnn(-c4cccnc4)c3)c[nH]c2c1. The van der Waals surface area contributed by atoms with Gasteiger partial charge in [-0.2, -0.15) is 5.10 Å². The third kappa shape index (κ3) is 1.99. The molecule has 4 nitrogen and oxygen atoms in total. The Morgan fingerprint density at radius 1 is 1.14 bits per heavy atom. The number of H-pyrrole nitrogens is 1. The summed E-state index contributed by atoms with van der Waals surface area (Å²) in [7, 11) is 0. The van der Waals surface area contributed by atoms with Crippen molar-refractivity contribution in [2.45, 2.75) is 0 Å². The zero-order chi connectivity index (χ0) is 14.2. The van der Waals surface area contributed by atoms with Gasteiger partial charge in [0, 0.05) is 40.6 Å². The van der Waals surface area contributed by atoms with Gasteiger partial charge in [0.2, 0.25) is 0 Å². The highest BCUT2D eigenvalue weighted by molar-refractivity contribution is 5.95.